The highest BCUT2D eigenvalue weighted by Crippen LogP contribution is 2.19. The number of hydrogen-bond donors (Lipinski definition) is 0. The molecule has 0 aliphatic rings. The van der Waals surface area contributed by atoms with Gasteiger partial charge in [-0.15, -0.1) is 0 Å². The first-order valence-corrected chi connectivity index (χ1v) is 36.0. The lowest BCUT2D eigenvalue weighted by Crippen LogP contribution is -2.30. The fourth-order valence-electron chi connectivity index (χ4n) is 11.0. The van der Waals surface area contributed by atoms with Crippen LogP contribution in [0.15, 0.2) is 36.5 Å². The van der Waals surface area contributed by atoms with E-state index >= 15 is 0 Å². The minimum Gasteiger partial charge on any atom is -0.462 e. The van der Waals surface area contributed by atoms with Crippen molar-refractivity contribution in [3.63, 3.8) is 0 Å². The van der Waals surface area contributed by atoms with Crippen LogP contribution in [0, 0.1) is 0 Å². The summed E-state index contributed by atoms with van der Waals surface area (Å²) in [5.74, 6) is -0.869. The van der Waals surface area contributed by atoms with E-state index in [1.54, 1.807) is 0 Å². The van der Waals surface area contributed by atoms with Crippen LogP contribution >= 0.6 is 0 Å². The van der Waals surface area contributed by atoms with Gasteiger partial charge in [-0.25, -0.2) is 0 Å². The van der Waals surface area contributed by atoms with Crippen LogP contribution in [0.2, 0.25) is 0 Å². The van der Waals surface area contributed by atoms with Crippen LogP contribution < -0.4 is 0 Å². The van der Waals surface area contributed by atoms with Gasteiger partial charge in [0.2, 0.25) is 0 Å². The fourth-order valence-corrected chi connectivity index (χ4v) is 11.0. The maximum Gasteiger partial charge on any atom is 0.306 e. The van der Waals surface area contributed by atoms with Crippen LogP contribution in [0.1, 0.15) is 400 Å². The lowest BCUT2D eigenvalue weighted by atomic mass is 10.0. The molecular weight excluding hydrogens is 985 g/mol. The molecule has 0 heterocycles. The lowest BCUT2D eigenvalue weighted by Gasteiger charge is -2.18. The van der Waals surface area contributed by atoms with Crippen molar-refractivity contribution in [1.29, 1.82) is 0 Å². The Kier molecular flexibility index (Phi) is 67.1. The van der Waals surface area contributed by atoms with Gasteiger partial charge in [-0.2, -0.15) is 0 Å². The van der Waals surface area contributed by atoms with Gasteiger partial charge >= 0.3 is 17.9 Å². The van der Waals surface area contributed by atoms with Crippen molar-refractivity contribution in [2.45, 2.75) is 406 Å². The van der Waals surface area contributed by atoms with Gasteiger partial charge in [0.15, 0.2) is 6.10 Å². The molecule has 0 radical (unpaired) electrons. The van der Waals surface area contributed by atoms with Crippen LogP contribution in [-0.2, 0) is 28.6 Å². The van der Waals surface area contributed by atoms with E-state index < -0.39 is 6.10 Å². The average Bonchev–Trinajstić information content (AvgIpc) is 3.46. The van der Waals surface area contributed by atoms with Gasteiger partial charge in [0, 0.05) is 19.3 Å². The first-order valence-electron chi connectivity index (χ1n) is 36.0. The molecule has 0 aromatic rings. The van der Waals surface area contributed by atoms with E-state index in [4.69, 9.17) is 14.2 Å². The molecular formula is C74H138O6. The van der Waals surface area contributed by atoms with Gasteiger partial charge in [-0.1, -0.05) is 359 Å². The molecule has 0 amide bonds. The van der Waals surface area contributed by atoms with Gasteiger partial charge in [0.1, 0.15) is 13.2 Å². The Morgan fingerprint density at radius 1 is 0.250 bits per heavy atom. The molecule has 0 rings (SSSR count). The van der Waals surface area contributed by atoms with Gasteiger partial charge in [0.05, 0.1) is 0 Å². The third-order valence-corrected chi connectivity index (χ3v) is 16.4. The third-order valence-electron chi connectivity index (χ3n) is 16.4. The summed E-state index contributed by atoms with van der Waals surface area (Å²) >= 11 is 0. The molecule has 0 saturated heterocycles. The monoisotopic (exact) mass is 1120 g/mol. The summed E-state index contributed by atoms with van der Waals surface area (Å²) in [5.41, 5.74) is 0. The quantitative estimate of drug-likeness (QED) is 0.0261. The molecule has 0 aromatic carbocycles. The molecule has 0 fully saturated rings. The summed E-state index contributed by atoms with van der Waals surface area (Å²) in [6, 6.07) is 0. The topological polar surface area (TPSA) is 78.9 Å². The molecule has 6 nitrogen and oxygen atoms in total. The van der Waals surface area contributed by atoms with Crippen molar-refractivity contribution in [2.24, 2.45) is 0 Å². The average molecular weight is 1120 g/mol. The van der Waals surface area contributed by atoms with Crippen LogP contribution in [0.25, 0.3) is 0 Å². The zero-order chi connectivity index (χ0) is 57.8. The largest absolute Gasteiger partial charge is 0.462 e. The van der Waals surface area contributed by atoms with Crippen LogP contribution in [0.3, 0.4) is 0 Å². The molecule has 0 N–H and O–H groups in total. The third kappa shape index (κ3) is 66.4. The number of allylic oxidation sites excluding steroid dienone is 6. The second-order valence-corrected chi connectivity index (χ2v) is 24.5. The zero-order valence-electron chi connectivity index (χ0n) is 54.1. The first-order chi connectivity index (χ1) is 39.5. The Labute approximate surface area is 499 Å². The maximum atomic E-state index is 12.9. The van der Waals surface area contributed by atoms with Crippen molar-refractivity contribution in [1.82, 2.24) is 0 Å². The predicted octanol–water partition coefficient (Wildman–Crippen LogP) is 24.7. The molecule has 0 aromatic heterocycles. The summed E-state index contributed by atoms with van der Waals surface area (Å²) in [6.07, 6.45) is 86.6. The second kappa shape index (κ2) is 69.1. The number of carbonyl (C=O) groups is 3. The molecule has 0 aliphatic carbocycles. The van der Waals surface area contributed by atoms with Gasteiger partial charge in [0.25, 0.3) is 0 Å². The summed E-state index contributed by atoms with van der Waals surface area (Å²) in [7, 11) is 0. The molecule has 1 unspecified atom stereocenters. The fraction of sp³-hybridized carbons (Fsp3) is 0.878. The highest BCUT2D eigenvalue weighted by atomic mass is 16.6. The second-order valence-electron chi connectivity index (χ2n) is 24.5. The highest BCUT2D eigenvalue weighted by molar-refractivity contribution is 5.71. The lowest BCUT2D eigenvalue weighted by molar-refractivity contribution is -0.167. The molecule has 0 bridgehead atoms. The SMILES string of the molecule is CCCCCCC/C=C\C/C=C\C/C=C\CCCCCCCCC(=O)OC(COC(=O)CCCCCCCCC)COC(=O)CCCCCCCCCCCCCCCCCCCCCCCCCCCCCCCCCCCC. The van der Waals surface area contributed by atoms with Crippen molar-refractivity contribution >= 4 is 17.9 Å². The number of hydrogen-bond acceptors (Lipinski definition) is 6. The van der Waals surface area contributed by atoms with Crippen molar-refractivity contribution in [3.8, 4) is 0 Å². The van der Waals surface area contributed by atoms with Crippen molar-refractivity contribution < 1.29 is 28.6 Å². The van der Waals surface area contributed by atoms with Gasteiger partial charge < -0.3 is 14.2 Å². The summed E-state index contributed by atoms with van der Waals surface area (Å²) in [6.45, 7) is 6.64. The molecule has 0 saturated carbocycles. The van der Waals surface area contributed by atoms with Crippen LogP contribution in [0.5, 0.6) is 0 Å². The normalized spacial score (nSPS) is 12.2. The number of unbranched alkanes of at least 4 members (excludes halogenated alkanes) is 50. The van der Waals surface area contributed by atoms with E-state index in [1.807, 2.05) is 0 Å². The standard InChI is InChI=1S/C74H138O6/c1-4-7-10-13-16-18-20-22-24-26-28-30-31-32-33-34-35-36-37-38-39-40-41-42-44-45-47-49-51-53-55-58-61-64-67-73(76)79-70-71(69-78-72(75)66-63-60-57-15-12-9-6-3)80-74(77)68-65-62-59-56-54-52-50-48-46-43-29-27-25-23-21-19-17-14-11-8-5-2/h21,23,27,29,46,48,71H,4-20,22,24-26,28,30-45,47,49-70H2,1-3H3/b23-21-,29-27-,48-46-. The van der Waals surface area contributed by atoms with E-state index in [2.05, 4.69) is 57.2 Å². The number of rotatable bonds is 67. The van der Waals surface area contributed by atoms with E-state index in [0.29, 0.717) is 19.3 Å². The Morgan fingerprint density at radius 3 is 0.700 bits per heavy atom. The van der Waals surface area contributed by atoms with Crippen molar-refractivity contribution in [3.05, 3.63) is 36.5 Å². The first kappa shape index (κ1) is 77.6. The Bertz CT molecular complexity index is 1340. The number of carbonyl (C=O) groups excluding carboxylic acids is 3. The molecule has 80 heavy (non-hydrogen) atoms. The number of ether oxygens (including phenoxy) is 3. The van der Waals surface area contributed by atoms with E-state index in [1.165, 1.54) is 283 Å². The summed E-state index contributed by atoms with van der Waals surface area (Å²) in [4.78, 5) is 38.1. The van der Waals surface area contributed by atoms with E-state index in [0.717, 1.165) is 77.0 Å². The minimum atomic E-state index is -0.775. The molecule has 470 valence electrons. The molecule has 6 heteroatoms. The molecule has 0 spiro atoms. The van der Waals surface area contributed by atoms with Gasteiger partial charge in [-0.05, 0) is 57.8 Å². The van der Waals surface area contributed by atoms with Crippen LogP contribution in [-0.4, -0.2) is 37.2 Å². The summed E-state index contributed by atoms with van der Waals surface area (Å²) in [5, 5.41) is 0. The smallest absolute Gasteiger partial charge is 0.306 e. The van der Waals surface area contributed by atoms with Crippen LogP contribution in [0.4, 0.5) is 0 Å². The molecule has 1 atom stereocenters. The number of esters is 3. The predicted molar refractivity (Wildman–Crippen MR) is 349 cm³/mol. The zero-order valence-corrected chi connectivity index (χ0v) is 54.1. The minimum absolute atomic E-state index is 0.0731. The van der Waals surface area contributed by atoms with Gasteiger partial charge in [-0.3, -0.25) is 14.4 Å². The van der Waals surface area contributed by atoms with E-state index in [9.17, 15) is 14.4 Å². The maximum absolute atomic E-state index is 12.9. The molecule has 0 aliphatic heterocycles. The van der Waals surface area contributed by atoms with E-state index in [-0.39, 0.29) is 31.1 Å². The Morgan fingerprint density at radius 2 is 0.450 bits per heavy atom. The Hall–Kier alpha value is -2.37. The summed E-state index contributed by atoms with van der Waals surface area (Å²) < 4.78 is 16.9. The Balaban J connectivity index is 3.97. The highest BCUT2D eigenvalue weighted by Gasteiger charge is 2.19. The van der Waals surface area contributed by atoms with Crippen molar-refractivity contribution in [2.75, 3.05) is 13.2 Å².